The van der Waals surface area contributed by atoms with E-state index in [2.05, 4.69) is 15.3 Å². The fourth-order valence-electron chi connectivity index (χ4n) is 1.53. The lowest BCUT2D eigenvalue weighted by atomic mass is 10.1. The molecule has 0 saturated heterocycles. The molecular formula is C13H14N4O. The Labute approximate surface area is 105 Å². The topological polar surface area (TPSA) is 80.9 Å². The standard InChI is InChI=1S/C13H14N4O/c14-11(10-4-2-1-3-5-10)8-17-13(18)12-9-15-6-7-16-12/h1-7,9,11H,8,14H2,(H,17,18). The second-order valence-electron chi connectivity index (χ2n) is 3.82. The molecule has 1 aromatic heterocycles. The average molecular weight is 242 g/mol. The first-order valence-electron chi connectivity index (χ1n) is 5.62. The van der Waals surface area contributed by atoms with Gasteiger partial charge in [0, 0.05) is 25.0 Å². The smallest absolute Gasteiger partial charge is 0.271 e. The number of nitrogens with zero attached hydrogens (tertiary/aromatic N) is 2. The minimum atomic E-state index is -0.269. The van der Waals surface area contributed by atoms with Gasteiger partial charge in [0.1, 0.15) is 5.69 Å². The normalized spacial score (nSPS) is 11.8. The molecule has 92 valence electrons. The Hall–Kier alpha value is -2.27. The highest BCUT2D eigenvalue weighted by Crippen LogP contribution is 2.07. The summed E-state index contributed by atoms with van der Waals surface area (Å²) < 4.78 is 0. The molecule has 0 saturated carbocycles. The molecule has 1 heterocycles. The van der Waals surface area contributed by atoms with Gasteiger partial charge in [-0.25, -0.2) is 4.98 Å². The first-order chi connectivity index (χ1) is 8.77. The number of nitrogens with one attached hydrogen (secondary N) is 1. The van der Waals surface area contributed by atoms with Gasteiger partial charge in [-0.1, -0.05) is 30.3 Å². The van der Waals surface area contributed by atoms with Crippen molar-refractivity contribution in [3.63, 3.8) is 0 Å². The molecule has 2 rings (SSSR count). The predicted octanol–water partition coefficient (Wildman–Crippen LogP) is 0.906. The predicted molar refractivity (Wildman–Crippen MR) is 67.7 cm³/mol. The molecule has 0 fully saturated rings. The molecule has 0 aliphatic carbocycles. The zero-order valence-electron chi connectivity index (χ0n) is 9.78. The highest BCUT2D eigenvalue weighted by atomic mass is 16.1. The van der Waals surface area contributed by atoms with Crippen LogP contribution in [0.5, 0.6) is 0 Å². The van der Waals surface area contributed by atoms with Gasteiger partial charge < -0.3 is 11.1 Å². The van der Waals surface area contributed by atoms with Gasteiger partial charge in [-0.2, -0.15) is 0 Å². The SMILES string of the molecule is NC(CNC(=O)c1cnccn1)c1ccccc1. The Morgan fingerprint density at radius 3 is 2.72 bits per heavy atom. The lowest BCUT2D eigenvalue weighted by Gasteiger charge is -2.12. The largest absolute Gasteiger partial charge is 0.349 e. The van der Waals surface area contributed by atoms with Gasteiger partial charge in [0.2, 0.25) is 0 Å². The summed E-state index contributed by atoms with van der Waals surface area (Å²) in [6.45, 7) is 0.361. The summed E-state index contributed by atoms with van der Waals surface area (Å²) in [6.07, 6.45) is 4.42. The van der Waals surface area contributed by atoms with Gasteiger partial charge in [0.25, 0.3) is 5.91 Å². The van der Waals surface area contributed by atoms with Crippen LogP contribution in [0.3, 0.4) is 0 Å². The number of amides is 1. The third-order valence-corrected chi connectivity index (χ3v) is 2.51. The van der Waals surface area contributed by atoms with Crippen LogP contribution in [-0.4, -0.2) is 22.4 Å². The Bertz CT molecular complexity index is 501. The third kappa shape index (κ3) is 3.11. The molecular weight excluding hydrogens is 228 g/mol. The van der Waals surface area contributed by atoms with Crippen molar-refractivity contribution in [1.29, 1.82) is 0 Å². The van der Waals surface area contributed by atoms with Gasteiger partial charge >= 0.3 is 0 Å². The van der Waals surface area contributed by atoms with E-state index < -0.39 is 0 Å². The van der Waals surface area contributed by atoms with E-state index in [1.165, 1.54) is 18.6 Å². The second kappa shape index (κ2) is 5.88. The van der Waals surface area contributed by atoms with Crippen molar-refractivity contribution in [1.82, 2.24) is 15.3 Å². The Morgan fingerprint density at radius 1 is 1.28 bits per heavy atom. The van der Waals surface area contributed by atoms with E-state index >= 15 is 0 Å². The van der Waals surface area contributed by atoms with E-state index in [9.17, 15) is 4.79 Å². The average Bonchev–Trinajstić information content (AvgIpc) is 2.46. The summed E-state index contributed by atoms with van der Waals surface area (Å²) in [6, 6.07) is 9.39. The van der Waals surface area contributed by atoms with Crippen molar-refractivity contribution in [2.45, 2.75) is 6.04 Å². The van der Waals surface area contributed by atoms with Gasteiger partial charge in [0.15, 0.2) is 0 Å². The minimum absolute atomic E-state index is 0.230. The first-order valence-corrected chi connectivity index (χ1v) is 5.62. The van der Waals surface area contributed by atoms with Crippen LogP contribution in [0.25, 0.3) is 0 Å². The van der Waals surface area contributed by atoms with Crippen molar-refractivity contribution >= 4 is 5.91 Å². The molecule has 3 N–H and O–H groups in total. The summed E-state index contributed by atoms with van der Waals surface area (Å²) in [5.74, 6) is -0.269. The van der Waals surface area contributed by atoms with Crippen molar-refractivity contribution in [2.75, 3.05) is 6.54 Å². The Morgan fingerprint density at radius 2 is 2.06 bits per heavy atom. The molecule has 1 unspecified atom stereocenters. The molecule has 5 heteroatoms. The maximum atomic E-state index is 11.7. The molecule has 0 aliphatic rings. The summed E-state index contributed by atoms with van der Waals surface area (Å²) in [7, 11) is 0. The van der Waals surface area contributed by atoms with Crippen LogP contribution in [0.4, 0.5) is 0 Å². The lowest BCUT2D eigenvalue weighted by Crippen LogP contribution is -2.32. The van der Waals surface area contributed by atoms with Gasteiger partial charge in [-0.05, 0) is 5.56 Å². The third-order valence-electron chi connectivity index (χ3n) is 2.51. The van der Waals surface area contributed by atoms with E-state index in [0.717, 1.165) is 5.56 Å². The molecule has 0 spiro atoms. The number of hydrogen-bond donors (Lipinski definition) is 2. The molecule has 0 bridgehead atoms. The van der Waals surface area contributed by atoms with Gasteiger partial charge in [-0.15, -0.1) is 0 Å². The van der Waals surface area contributed by atoms with E-state index in [0.29, 0.717) is 6.54 Å². The summed E-state index contributed by atoms with van der Waals surface area (Å²) in [4.78, 5) is 19.5. The molecule has 18 heavy (non-hydrogen) atoms. The quantitative estimate of drug-likeness (QED) is 0.835. The van der Waals surface area contributed by atoms with Crippen LogP contribution < -0.4 is 11.1 Å². The minimum Gasteiger partial charge on any atom is -0.349 e. The van der Waals surface area contributed by atoms with Crippen LogP contribution in [0.2, 0.25) is 0 Å². The van der Waals surface area contributed by atoms with Crippen LogP contribution >= 0.6 is 0 Å². The number of nitrogens with two attached hydrogens (primary N) is 1. The number of hydrogen-bond acceptors (Lipinski definition) is 4. The Balaban J connectivity index is 1.91. The highest BCUT2D eigenvalue weighted by Gasteiger charge is 2.10. The van der Waals surface area contributed by atoms with Crippen molar-refractivity contribution in [2.24, 2.45) is 5.73 Å². The molecule has 1 atom stereocenters. The van der Waals surface area contributed by atoms with E-state index in [4.69, 9.17) is 5.73 Å². The molecule has 0 radical (unpaired) electrons. The number of carbonyl (C=O) groups is 1. The number of rotatable bonds is 4. The van der Waals surface area contributed by atoms with Crippen LogP contribution in [0.15, 0.2) is 48.9 Å². The fraction of sp³-hybridized carbons (Fsp3) is 0.154. The zero-order chi connectivity index (χ0) is 12.8. The zero-order valence-corrected chi connectivity index (χ0v) is 9.78. The van der Waals surface area contributed by atoms with E-state index in [-0.39, 0.29) is 17.6 Å². The van der Waals surface area contributed by atoms with E-state index in [1.807, 2.05) is 30.3 Å². The van der Waals surface area contributed by atoms with Gasteiger partial charge in [0.05, 0.1) is 6.20 Å². The van der Waals surface area contributed by atoms with Gasteiger partial charge in [-0.3, -0.25) is 9.78 Å². The summed E-state index contributed by atoms with van der Waals surface area (Å²) >= 11 is 0. The molecule has 5 nitrogen and oxygen atoms in total. The maximum Gasteiger partial charge on any atom is 0.271 e. The summed E-state index contributed by atoms with van der Waals surface area (Å²) in [5, 5.41) is 2.73. The van der Waals surface area contributed by atoms with Crippen molar-refractivity contribution < 1.29 is 4.79 Å². The van der Waals surface area contributed by atoms with Crippen molar-refractivity contribution in [3.05, 3.63) is 60.2 Å². The highest BCUT2D eigenvalue weighted by molar-refractivity contribution is 5.91. The fourth-order valence-corrected chi connectivity index (χ4v) is 1.53. The summed E-state index contributed by atoms with van der Waals surface area (Å²) in [5.41, 5.74) is 7.24. The van der Waals surface area contributed by atoms with Crippen molar-refractivity contribution in [3.8, 4) is 0 Å². The van der Waals surface area contributed by atoms with Crippen LogP contribution in [0, 0.1) is 0 Å². The van der Waals surface area contributed by atoms with Crippen LogP contribution in [-0.2, 0) is 0 Å². The molecule has 0 aliphatic heterocycles. The Kier molecular flexibility index (Phi) is 3.98. The number of benzene rings is 1. The van der Waals surface area contributed by atoms with Crippen LogP contribution in [0.1, 0.15) is 22.1 Å². The molecule has 2 aromatic rings. The lowest BCUT2D eigenvalue weighted by molar-refractivity contribution is 0.0946. The number of carbonyl (C=O) groups excluding carboxylic acids is 1. The molecule has 1 aromatic carbocycles. The van der Waals surface area contributed by atoms with E-state index in [1.54, 1.807) is 0 Å². The maximum absolute atomic E-state index is 11.7. The second-order valence-corrected chi connectivity index (χ2v) is 3.82. The molecule has 1 amide bonds. The monoisotopic (exact) mass is 242 g/mol. The first kappa shape index (κ1) is 12.2. The number of aromatic nitrogens is 2.